The Morgan fingerprint density at radius 1 is 1.05 bits per heavy atom. The SMILES string of the molecule is CC(C)NCc1cccc(CN2CCc3ccccc32)c1. The van der Waals surface area contributed by atoms with Crippen LogP contribution in [0, 0.1) is 0 Å². The van der Waals surface area contributed by atoms with Crippen LogP contribution in [-0.2, 0) is 19.5 Å². The zero-order valence-corrected chi connectivity index (χ0v) is 13.0. The highest BCUT2D eigenvalue weighted by Gasteiger charge is 2.18. The fourth-order valence-corrected chi connectivity index (χ4v) is 2.95. The molecule has 0 unspecified atom stereocenters. The maximum atomic E-state index is 3.48. The number of hydrogen-bond donors (Lipinski definition) is 1. The molecular formula is C19H24N2. The van der Waals surface area contributed by atoms with Gasteiger partial charge in [-0.25, -0.2) is 0 Å². The standard InChI is InChI=1S/C19H24N2/c1-15(2)20-13-16-6-5-7-17(12-16)14-21-11-10-18-8-3-4-9-19(18)21/h3-9,12,15,20H,10-11,13-14H2,1-2H3. The number of para-hydroxylation sites is 1. The van der Waals surface area contributed by atoms with Crippen LogP contribution in [0.2, 0.25) is 0 Å². The summed E-state index contributed by atoms with van der Waals surface area (Å²) in [6.45, 7) is 7.46. The molecule has 2 aromatic rings. The van der Waals surface area contributed by atoms with Gasteiger partial charge in [0.2, 0.25) is 0 Å². The molecule has 2 aromatic carbocycles. The molecule has 1 aliphatic rings. The topological polar surface area (TPSA) is 15.3 Å². The van der Waals surface area contributed by atoms with Gasteiger partial charge in [-0.2, -0.15) is 0 Å². The molecule has 3 rings (SSSR count). The van der Waals surface area contributed by atoms with Crippen LogP contribution in [0.4, 0.5) is 5.69 Å². The summed E-state index contributed by atoms with van der Waals surface area (Å²) >= 11 is 0. The third-order valence-corrected chi connectivity index (χ3v) is 4.06. The van der Waals surface area contributed by atoms with Crippen molar-refractivity contribution in [2.24, 2.45) is 0 Å². The highest BCUT2D eigenvalue weighted by Crippen LogP contribution is 2.28. The second-order valence-corrected chi connectivity index (χ2v) is 6.16. The Balaban J connectivity index is 1.70. The number of nitrogens with zero attached hydrogens (tertiary/aromatic N) is 1. The van der Waals surface area contributed by atoms with Crippen molar-refractivity contribution in [1.82, 2.24) is 5.32 Å². The van der Waals surface area contributed by atoms with Crippen LogP contribution in [0.1, 0.15) is 30.5 Å². The van der Waals surface area contributed by atoms with E-state index in [-0.39, 0.29) is 0 Å². The largest absolute Gasteiger partial charge is 0.367 e. The van der Waals surface area contributed by atoms with Gasteiger partial charge in [-0.15, -0.1) is 0 Å². The van der Waals surface area contributed by atoms with Crippen LogP contribution < -0.4 is 10.2 Å². The van der Waals surface area contributed by atoms with Gasteiger partial charge in [0.25, 0.3) is 0 Å². The van der Waals surface area contributed by atoms with Crippen LogP contribution in [0.25, 0.3) is 0 Å². The van der Waals surface area contributed by atoms with Crippen LogP contribution in [0.15, 0.2) is 48.5 Å². The zero-order chi connectivity index (χ0) is 14.7. The minimum absolute atomic E-state index is 0.527. The van der Waals surface area contributed by atoms with Crippen molar-refractivity contribution < 1.29 is 0 Å². The van der Waals surface area contributed by atoms with E-state index in [0.29, 0.717) is 6.04 Å². The van der Waals surface area contributed by atoms with Gasteiger partial charge >= 0.3 is 0 Å². The van der Waals surface area contributed by atoms with Crippen molar-refractivity contribution in [3.63, 3.8) is 0 Å². The van der Waals surface area contributed by atoms with E-state index in [1.54, 1.807) is 0 Å². The smallest absolute Gasteiger partial charge is 0.0429 e. The minimum Gasteiger partial charge on any atom is -0.367 e. The molecule has 0 bridgehead atoms. The number of fused-ring (bicyclic) bond motifs is 1. The Bertz CT molecular complexity index is 604. The summed E-state index contributed by atoms with van der Waals surface area (Å²) in [4.78, 5) is 2.49. The summed E-state index contributed by atoms with van der Waals surface area (Å²) < 4.78 is 0. The molecule has 0 saturated heterocycles. The van der Waals surface area contributed by atoms with Crippen LogP contribution in [-0.4, -0.2) is 12.6 Å². The number of anilines is 1. The summed E-state index contributed by atoms with van der Waals surface area (Å²) in [6.07, 6.45) is 1.17. The van der Waals surface area contributed by atoms with Gasteiger partial charge in [-0.3, -0.25) is 0 Å². The first-order valence-corrected chi connectivity index (χ1v) is 7.86. The molecule has 0 fully saturated rings. The fourth-order valence-electron chi connectivity index (χ4n) is 2.95. The Hall–Kier alpha value is -1.80. The molecule has 0 amide bonds. The molecule has 2 nitrogen and oxygen atoms in total. The summed E-state index contributed by atoms with van der Waals surface area (Å²) in [5.74, 6) is 0. The molecule has 0 radical (unpaired) electrons. The first kappa shape index (κ1) is 14.2. The van der Waals surface area contributed by atoms with Crippen molar-refractivity contribution in [2.75, 3.05) is 11.4 Å². The van der Waals surface area contributed by atoms with Gasteiger partial charge in [0.15, 0.2) is 0 Å². The second-order valence-electron chi connectivity index (χ2n) is 6.16. The highest BCUT2D eigenvalue weighted by atomic mass is 15.1. The predicted octanol–water partition coefficient (Wildman–Crippen LogP) is 3.75. The first-order chi connectivity index (χ1) is 10.2. The average molecular weight is 280 g/mol. The maximum Gasteiger partial charge on any atom is 0.0429 e. The van der Waals surface area contributed by atoms with E-state index in [4.69, 9.17) is 0 Å². The summed E-state index contributed by atoms with van der Waals surface area (Å²) in [5.41, 5.74) is 5.65. The number of nitrogens with one attached hydrogen (secondary N) is 1. The molecule has 2 heteroatoms. The van der Waals surface area contributed by atoms with Gasteiger partial charge in [0.05, 0.1) is 0 Å². The third-order valence-electron chi connectivity index (χ3n) is 4.06. The van der Waals surface area contributed by atoms with Gasteiger partial charge in [0.1, 0.15) is 0 Å². The molecule has 1 aliphatic heterocycles. The van der Waals surface area contributed by atoms with Crippen LogP contribution in [0.3, 0.4) is 0 Å². The van der Waals surface area contributed by atoms with E-state index >= 15 is 0 Å². The lowest BCUT2D eigenvalue weighted by atomic mass is 10.1. The summed E-state index contributed by atoms with van der Waals surface area (Å²) in [5, 5.41) is 3.48. The van der Waals surface area contributed by atoms with E-state index < -0.39 is 0 Å². The molecule has 0 spiro atoms. The Morgan fingerprint density at radius 3 is 2.71 bits per heavy atom. The van der Waals surface area contributed by atoms with Crippen molar-refractivity contribution in [2.45, 2.75) is 39.4 Å². The number of rotatable bonds is 5. The van der Waals surface area contributed by atoms with Crippen LogP contribution >= 0.6 is 0 Å². The van der Waals surface area contributed by atoms with Crippen molar-refractivity contribution in [1.29, 1.82) is 0 Å². The first-order valence-electron chi connectivity index (χ1n) is 7.86. The van der Waals surface area contributed by atoms with Gasteiger partial charge < -0.3 is 10.2 Å². The highest BCUT2D eigenvalue weighted by molar-refractivity contribution is 5.58. The third kappa shape index (κ3) is 3.45. The molecule has 0 saturated carbocycles. The normalized spacial score (nSPS) is 13.8. The Morgan fingerprint density at radius 2 is 1.86 bits per heavy atom. The summed E-state index contributed by atoms with van der Waals surface area (Å²) in [7, 11) is 0. The van der Waals surface area contributed by atoms with Crippen molar-refractivity contribution in [3.05, 3.63) is 65.2 Å². The van der Waals surface area contributed by atoms with E-state index in [2.05, 4.69) is 72.6 Å². The van der Waals surface area contributed by atoms with E-state index in [9.17, 15) is 0 Å². The lowest BCUT2D eigenvalue weighted by molar-refractivity contribution is 0.588. The minimum atomic E-state index is 0.527. The van der Waals surface area contributed by atoms with Crippen molar-refractivity contribution >= 4 is 5.69 Å². The Labute approximate surface area is 127 Å². The average Bonchev–Trinajstić information content (AvgIpc) is 2.89. The molecule has 1 heterocycles. The zero-order valence-electron chi connectivity index (χ0n) is 13.0. The molecular weight excluding hydrogens is 256 g/mol. The number of benzene rings is 2. The molecule has 1 N–H and O–H groups in total. The van der Waals surface area contributed by atoms with Crippen molar-refractivity contribution in [3.8, 4) is 0 Å². The van der Waals surface area contributed by atoms with Gasteiger partial charge in [-0.05, 0) is 29.2 Å². The van der Waals surface area contributed by atoms with Gasteiger partial charge in [0, 0.05) is 31.4 Å². The second kappa shape index (κ2) is 6.31. The molecule has 0 aliphatic carbocycles. The summed E-state index contributed by atoms with van der Waals surface area (Å²) in [6, 6.07) is 18.2. The maximum absolute atomic E-state index is 3.48. The lowest BCUT2D eigenvalue weighted by Gasteiger charge is -2.20. The quantitative estimate of drug-likeness (QED) is 0.897. The fraction of sp³-hybridized carbons (Fsp3) is 0.368. The molecule has 21 heavy (non-hydrogen) atoms. The van der Waals surface area contributed by atoms with E-state index in [1.807, 2.05) is 0 Å². The molecule has 110 valence electrons. The predicted molar refractivity (Wildman–Crippen MR) is 89.6 cm³/mol. The van der Waals surface area contributed by atoms with E-state index in [1.165, 1.54) is 28.8 Å². The van der Waals surface area contributed by atoms with E-state index in [0.717, 1.165) is 19.6 Å². The number of hydrogen-bond acceptors (Lipinski definition) is 2. The molecule has 0 atom stereocenters. The Kier molecular flexibility index (Phi) is 4.26. The molecule has 0 aromatic heterocycles. The van der Waals surface area contributed by atoms with Crippen LogP contribution in [0.5, 0.6) is 0 Å². The monoisotopic (exact) mass is 280 g/mol. The van der Waals surface area contributed by atoms with Gasteiger partial charge in [-0.1, -0.05) is 56.3 Å². The lowest BCUT2D eigenvalue weighted by Crippen LogP contribution is -2.22.